The number of aryl methyl sites for hydroxylation is 1. The molecule has 0 saturated carbocycles. The first-order chi connectivity index (χ1) is 11.1. The lowest BCUT2D eigenvalue weighted by atomic mass is 9.99. The van der Waals surface area contributed by atoms with Crippen LogP contribution in [-0.2, 0) is 6.61 Å². The minimum atomic E-state index is -0.623. The molecular formula is C20H16F2O. The highest BCUT2D eigenvalue weighted by molar-refractivity contribution is 5.69. The van der Waals surface area contributed by atoms with E-state index in [1.807, 2.05) is 49.4 Å². The van der Waals surface area contributed by atoms with Crippen LogP contribution in [0.3, 0.4) is 0 Å². The summed E-state index contributed by atoms with van der Waals surface area (Å²) in [4.78, 5) is 0. The molecule has 0 saturated heterocycles. The van der Waals surface area contributed by atoms with Gasteiger partial charge in [-0.3, -0.25) is 0 Å². The smallest absolute Gasteiger partial charge is 0.137 e. The first-order valence-electron chi connectivity index (χ1n) is 7.37. The van der Waals surface area contributed by atoms with Crippen LogP contribution in [0.1, 0.15) is 11.1 Å². The lowest BCUT2D eigenvalue weighted by molar-refractivity contribution is 0.303. The standard InChI is InChI=1S/C20H16F2O/c1-14-7-5-6-10-17(14)20-18(21)11-16(12-19(20)22)23-13-15-8-3-2-4-9-15/h2-12H,13H2,1H3. The van der Waals surface area contributed by atoms with E-state index in [4.69, 9.17) is 4.74 Å². The van der Waals surface area contributed by atoms with Crippen molar-refractivity contribution in [3.8, 4) is 16.9 Å². The fourth-order valence-corrected chi connectivity index (χ4v) is 2.48. The largest absolute Gasteiger partial charge is 0.489 e. The van der Waals surface area contributed by atoms with Gasteiger partial charge in [-0.05, 0) is 23.6 Å². The predicted molar refractivity (Wildman–Crippen MR) is 87.3 cm³/mol. The highest BCUT2D eigenvalue weighted by Crippen LogP contribution is 2.31. The van der Waals surface area contributed by atoms with Crippen molar-refractivity contribution >= 4 is 0 Å². The van der Waals surface area contributed by atoms with Crippen LogP contribution in [0.2, 0.25) is 0 Å². The lowest BCUT2D eigenvalue weighted by Gasteiger charge is -2.12. The molecule has 3 heteroatoms. The van der Waals surface area contributed by atoms with Crippen LogP contribution in [0.5, 0.6) is 5.75 Å². The number of rotatable bonds is 4. The van der Waals surface area contributed by atoms with E-state index in [0.29, 0.717) is 5.56 Å². The van der Waals surface area contributed by atoms with Crippen LogP contribution in [0, 0.1) is 18.6 Å². The van der Waals surface area contributed by atoms with E-state index in [9.17, 15) is 8.78 Å². The molecule has 0 aromatic heterocycles. The molecule has 0 aliphatic carbocycles. The summed E-state index contributed by atoms with van der Waals surface area (Å²) in [6.07, 6.45) is 0. The molecule has 0 atom stereocenters. The summed E-state index contributed by atoms with van der Waals surface area (Å²) >= 11 is 0. The van der Waals surface area contributed by atoms with Crippen molar-refractivity contribution in [2.24, 2.45) is 0 Å². The molecule has 0 amide bonds. The van der Waals surface area contributed by atoms with Crippen LogP contribution in [-0.4, -0.2) is 0 Å². The maximum absolute atomic E-state index is 14.4. The second-order valence-electron chi connectivity index (χ2n) is 5.35. The first kappa shape index (κ1) is 15.2. The summed E-state index contributed by atoms with van der Waals surface area (Å²) in [5, 5.41) is 0. The molecule has 0 spiro atoms. The van der Waals surface area contributed by atoms with Gasteiger partial charge in [-0.2, -0.15) is 0 Å². The minimum Gasteiger partial charge on any atom is -0.489 e. The van der Waals surface area contributed by atoms with Gasteiger partial charge in [0.2, 0.25) is 0 Å². The van der Waals surface area contributed by atoms with E-state index in [2.05, 4.69) is 0 Å². The fraction of sp³-hybridized carbons (Fsp3) is 0.100. The SMILES string of the molecule is Cc1ccccc1-c1c(F)cc(OCc2ccccc2)cc1F. The van der Waals surface area contributed by atoms with E-state index in [0.717, 1.165) is 11.1 Å². The molecule has 116 valence electrons. The number of halogens is 2. The third-order valence-electron chi connectivity index (χ3n) is 3.68. The highest BCUT2D eigenvalue weighted by atomic mass is 19.1. The summed E-state index contributed by atoms with van der Waals surface area (Å²) in [5.74, 6) is -1.06. The number of ether oxygens (including phenoxy) is 1. The molecule has 0 N–H and O–H groups in total. The number of hydrogen-bond donors (Lipinski definition) is 0. The third-order valence-corrected chi connectivity index (χ3v) is 3.68. The van der Waals surface area contributed by atoms with Gasteiger partial charge in [0, 0.05) is 12.1 Å². The van der Waals surface area contributed by atoms with Gasteiger partial charge in [0.1, 0.15) is 24.0 Å². The summed E-state index contributed by atoms with van der Waals surface area (Å²) < 4.78 is 34.3. The van der Waals surface area contributed by atoms with Crippen LogP contribution >= 0.6 is 0 Å². The number of benzene rings is 3. The van der Waals surface area contributed by atoms with E-state index in [-0.39, 0.29) is 17.9 Å². The van der Waals surface area contributed by atoms with Gasteiger partial charge in [0.25, 0.3) is 0 Å². The highest BCUT2D eigenvalue weighted by Gasteiger charge is 2.15. The van der Waals surface area contributed by atoms with Crippen LogP contribution in [0.15, 0.2) is 66.7 Å². The van der Waals surface area contributed by atoms with Crippen molar-refractivity contribution in [3.63, 3.8) is 0 Å². The monoisotopic (exact) mass is 310 g/mol. The molecule has 0 heterocycles. The summed E-state index contributed by atoms with van der Waals surface area (Å²) in [7, 11) is 0. The first-order valence-corrected chi connectivity index (χ1v) is 7.37. The molecule has 0 aliphatic heterocycles. The second kappa shape index (κ2) is 6.61. The van der Waals surface area contributed by atoms with Gasteiger partial charge in [0.05, 0.1) is 5.56 Å². The molecule has 0 unspecified atom stereocenters. The van der Waals surface area contributed by atoms with Gasteiger partial charge < -0.3 is 4.74 Å². The van der Waals surface area contributed by atoms with Gasteiger partial charge >= 0.3 is 0 Å². The summed E-state index contributed by atoms with van der Waals surface area (Å²) in [6, 6.07) is 19.1. The van der Waals surface area contributed by atoms with Gasteiger partial charge in [-0.25, -0.2) is 8.78 Å². The van der Waals surface area contributed by atoms with Crippen molar-refractivity contribution in [2.45, 2.75) is 13.5 Å². The Balaban J connectivity index is 1.87. The summed E-state index contributed by atoms with van der Waals surface area (Å²) in [5.41, 5.74) is 2.30. The maximum Gasteiger partial charge on any atom is 0.137 e. The van der Waals surface area contributed by atoms with Gasteiger partial charge in [-0.1, -0.05) is 54.6 Å². The Bertz CT molecular complexity index is 790. The molecule has 0 aliphatic rings. The van der Waals surface area contributed by atoms with E-state index in [1.54, 1.807) is 12.1 Å². The molecule has 3 rings (SSSR count). The zero-order valence-corrected chi connectivity index (χ0v) is 12.7. The average molecular weight is 310 g/mol. The molecule has 3 aromatic carbocycles. The van der Waals surface area contributed by atoms with Crippen molar-refractivity contribution in [1.29, 1.82) is 0 Å². The van der Waals surface area contributed by atoms with E-state index < -0.39 is 11.6 Å². The summed E-state index contributed by atoms with van der Waals surface area (Å²) in [6.45, 7) is 2.09. The molecular weight excluding hydrogens is 294 g/mol. The van der Waals surface area contributed by atoms with Crippen LogP contribution in [0.4, 0.5) is 8.78 Å². The predicted octanol–water partition coefficient (Wildman–Crippen LogP) is 5.52. The van der Waals surface area contributed by atoms with E-state index in [1.165, 1.54) is 12.1 Å². The quantitative estimate of drug-likeness (QED) is 0.616. The Kier molecular flexibility index (Phi) is 4.38. The molecule has 1 nitrogen and oxygen atoms in total. The van der Waals surface area contributed by atoms with Crippen molar-refractivity contribution in [1.82, 2.24) is 0 Å². The Morgan fingerprint density at radius 1 is 0.826 bits per heavy atom. The second-order valence-corrected chi connectivity index (χ2v) is 5.35. The average Bonchev–Trinajstić information content (AvgIpc) is 2.55. The van der Waals surface area contributed by atoms with Gasteiger partial charge in [-0.15, -0.1) is 0 Å². The normalized spacial score (nSPS) is 10.6. The fourth-order valence-electron chi connectivity index (χ4n) is 2.48. The Labute approximate surface area is 134 Å². The van der Waals surface area contributed by atoms with Crippen LogP contribution < -0.4 is 4.74 Å². The van der Waals surface area contributed by atoms with Crippen molar-refractivity contribution in [2.75, 3.05) is 0 Å². The molecule has 0 fully saturated rings. The molecule has 0 radical (unpaired) electrons. The zero-order valence-electron chi connectivity index (χ0n) is 12.7. The Morgan fingerprint density at radius 2 is 1.43 bits per heavy atom. The van der Waals surface area contributed by atoms with Gasteiger partial charge in [0.15, 0.2) is 0 Å². The Morgan fingerprint density at radius 3 is 2.09 bits per heavy atom. The Hall–Kier alpha value is -2.68. The van der Waals surface area contributed by atoms with Crippen LogP contribution in [0.25, 0.3) is 11.1 Å². The lowest BCUT2D eigenvalue weighted by Crippen LogP contribution is -1.98. The van der Waals surface area contributed by atoms with E-state index >= 15 is 0 Å². The molecule has 0 bridgehead atoms. The topological polar surface area (TPSA) is 9.23 Å². The molecule has 3 aromatic rings. The zero-order chi connectivity index (χ0) is 16.2. The van der Waals surface area contributed by atoms with Crippen molar-refractivity contribution in [3.05, 3.63) is 89.5 Å². The number of hydrogen-bond acceptors (Lipinski definition) is 1. The van der Waals surface area contributed by atoms with Crippen molar-refractivity contribution < 1.29 is 13.5 Å². The maximum atomic E-state index is 14.4. The molecule has 23 heavy (non-hydrogen) atoms. The minimum absolute atomic E-state index is 0.0184. The third kappa shape index (κ3) is 3.39.